The third-order valence-electron chi connectivity index (χ3n) is 2.59. The lowest BCUT2D eigenvalue weighted by atomic mass is 10.3. The number of anilines is 1. The van der Waals surface area contributed by atoms with Crippen molar-refractivity contribution in [3.8, 4) is 0 Å². The first kappa shape index (κ1) is 9.27. The molecule has 2 heterocycles. The van der Waals surface area contributed by atoms with Crippen LogP contribution in [0.5, 0.6) is 0 Å². The number of carbonyl (C=O) groups is 1. The van der Waals surface area contributed by atoms with Gasteiger partial charge in [0.25, 0.3) is 0 Å². The summed E-state index contributed by atoms with van der Waals surface area (Å²) < 4.78 is 5.07. The van der Waals surface area contributed by atoms with Crippen LogP contribution in [0.4, 0.5) is 5.69 Å². The van der Waals surface area contributed by atoms with E-state index in [4.69, 9.17) is 4.42 Å². The molecule has 0 radical (unpaired) electrons. The average Bonchev–Trinajstić information content (AvgIpc) is 2.67. The molecular weight excluding hydrogens is 180 g/mol. The van der Waals surface area contributed by atoms with Crippen LogP contribution in [0, 0.1) is 0 Å². The molecule has 0 saturated carbocycles. The molecular formula is C10H14N2O2. The fourth-order valence-electron chi connectivity index (χ4n) is 1.63. The van der Waals surface area contributed by atoms with Crippen molar-refractivity contribution in [2.24, 2.45) is 0 Å². The van der Waals surface area contributed by atoms with Crippen molar-refractivity contribution in [1.82, 2.24) is 4.90 Å². The second kappa shape index (κ2) is 3.84. The molecule has 1 aromatic heterocycles. The van der Waals surface area contributed by atoms with Gasteiger partial charge in [0.05, 0.1) is 5.69 Å². The zero-order chi connectivity index (χ0) is 9.97. The third-order valence-corrected chi connectivity index (χ3v) is 2.59. The largest absolute Gasteiger partial charge is 0.459 e. The molecule has 1 fully saturated rings. The fourth-order valence-corrected chi connectivity index (χ4v) is 1.63. The van der Waals surface area contributed by atoms with E-state index in [1.54, 1.807) is 12.3 Å². The van der Waals surface area contributed by atoms with Crippen molar-refractivity contribution < 1.29 is 9.21 Å². The molecule has 1 aromatic rings. The number of hydrogen-bond acceptors (Lipinski definition) is 4. The zero-order valence-corrected chi connectivity index (χ0v) is 8.27. The number of rotatable bonds is 2. The Bertz CT molecular complexity index is 314. The van der Waals surface area contributed by atoms with E-state index in [0.717, 1.165) is 38.2 Å². The molecule has 0 spiro atoms. The minimum atomic E-state index is 0.402. The van der Waals surface area contributed by atoms with E-state index >= 15 is 0 Å². The smallest absolute Gasteiger partial charge is 0.185 e. The van der Waals surface area contributed by atoms with Crippen LogP contribution in [-0.4, -0.2) is 44.4 Å². The Morgan fingerprint density at radius 3 is 2.64 bits per heavy atom. The second-order valence-electron chi connectivity index (χ2n) is 3.62. The number of aldehydes is 1. The first-order valence-electron chi connectivity index (χ1n) is 4.77. The van der Waals surface area contributed by atoms with E-state index in [-0.39, 0.29) is 0 Å². The van der Waals surface area contributed by atoms with Gasteiger partial charge in [0.15, 0.2) is 12.0 Å². The zero-order valence-electron chi connectivity index (χ0n) is 8.27. The number of carbonyl (C=O) groups excluding carboxylic acids is 1. The molecule has 0 bridgehead atoms. The Labute approximate surface area is 83.1 Å². The highest BCUT2D eigenvalue weighted by Crippen LogP contribution is 2.18. The SMILES string of the molecule is CN1CCN(c2coc(C=O)c2)CC1. The highest BCUT2D eigenvalue weighted by molar-refractivity contribution is 5.73. The fraction of sp³-hybridized carbons (Fsp3) is 0.500. The molecule has 4 nitrogen and oxygen atoms in total. The van der Waals surface area contributed by atoms with E-state index in [0.29, 0.717) is 5.76 Å². The maximum atomic E-state index is 10.4. The minimum Gasteiger partial charge on any atom is -0.459 e. The lowest BCUT2D eigenvalue weighted by Gasteiger charge is -2.32. The Morgan fingerprint density at radius 1 is 1.36 bits per heavy atom. The van der Waals surface area contributed by atoms with Crippen LogP contribution in [0.25, 0.3) is 0 Å². The third kappa shape index (κ3) is 1.80. The number of likely N-dealkylation sites (N-methyl/N-ethyl adjacent to an activating group) is 1. The van der Waals surface area contributed by atoms with E-state index in [9.17, 15) is 4.79 Å². The van der Waals surface area contributed by atoms with Crippen LogP contribution in [0.2, 0.25) is 0 Å². The van der Waals surface area contributed by atoms with Gasteiger partial charge in [-0.25, -0.2) is 0 Å². The maximum Gasteiger partial charge on any atom is 0.185 e. The van der Waals surface area contributed by atoms with Crippen LogP contribution in [0.3, 0.4) is 0 Å². The molecule has 0 aromatic carbocycles. The number of hydrogen-bond donors (Lipinski definition) is 0. The van der Waals surface area contributed by atoms with Crippen LogP contribution in [0.15, 0.2) is 16.7 Å². The van der Waals surface area contributed by atoms with Gasteiger partial charge in [0.1, 0.15) is 6.26 Å². The summed E-state index contributed by atoms with van der Waals surface area (Å²) in [6, 6.07) is 1.79. The summed E-state index contributed by atoms with van der Waals surface area (Å²) in [7, 11) is 2.11. The Kier molecular flexibility index (Phi) is 2.54. The summed E-state index contributed by atoms with van der Waals surface area (Å²) in [4.78, 5) is 15.0. The Balaban J connectivity index is 2.04. The van der Waals surface area contributed by atoms with E-state index in [2.05, 4.69) is 16.8 Å². The number of piperazine rings is 1. The highest BCUT2D eigenvalue weighted by atomic mass is 16.3. The molecule has 1 aliphatic heterocycles. The van der Waals surface area contributed by atoms with Crippen molar-refractivity contribution in [2.45, 2.75) is 0 Å². The van der Waals surface area contributed by atoms with E-state index in [1.807, 2.05) is 0 Å². The summed E-state index contributed by atoms with van der Waals surface area (Å²) in [5, 5.41) is 0. The number of nitrogens with zero attached hydrogens (tertiary/aromatic N) is 2. The summed E-state index contributed by atoms with van der Waals surface area (Å²) in [6.07, 6.45) is 2.38. The average molecular weight is 194 g/mol. The molecule has 2 rings (SSSR count). The Morgan fingerprint density at radius 2 is 2.07 bits per heavy atom. The molecule has 0 atom stereocenters. The van der Waals surface area contributed by atoms with Crippen molar-refractivity contribution in [1.29, 1.82) is 0 Å². The van der Waals surface area contributed by atoms with Gasteiger partial charge in [0.2, 0.25) is 0 Å². The van der Waals surface area contributed by atoms with Gasteiger partial charge in [-0.15, -0.1) is 0 Å². The quantitative estimate of drug-likeness (QED) is 0.654. The maximum absolute atomic E-state index is 10.4. The molecule has 1 aliphatic rings. The normalized spacial score (nSPS) is 18.5. The van der Waals surface area contributed by atoms with Crippen LogP contribution >= 0.6 is 0 Å². The topological polar surface area (TPSA) is 36.7 Å². The molecule has 4 heteroatoms. The highest BCUT2D eigenvalue weighted by Gasteiger charge is 2.15. The molecule has 0 amide bonds. The molecule has 0 aliphatic carbocycles. The van der Waals surface area contributed by atoms with Crippen molar-refractivity contribution in [3.63, 3.8) is 0 Å². The first-order valence-corrected chi connectivity index (χ1v) is 4.77. The monoisotopic (exact) mass is 194 g/mol. The van der Waals surface area contributed by atoms with Gasteiger partial charge < -0.3 is 14.2 Å². The van der Waals surface area contributed by atoms with Gasteiger partial charge in [-0.1, -0.05) is 0 Å². The van der Waals surface area contributed by atoms with E-state index < -0.39 is 0 Å². The summed E-state index contributed by atoms with van der Waals surface area (Å²) in [6.45, 7) is 4.10. The van der Waals surface area contributed by atoms with Gasteiger partial charge >= 0.3 is 0 Å². The summed E-state index contributed by atoms with van der Waals surface area (Å²) >= 11 is 0. The number of furan rings is 1. The molecule has 0 unspecified atom stereocenters. The van der Waals surface area contributed by atoms with E-state index in [1.165, 1.54) is 0 Å². The van der Waals surface area contributed by atoms with Gasteiger partial charge in [-0.3, -0.25) is 4.79 Å². The minimum absolute atomic E-state index is 0.402. The lowest BCUT2D eigenvalue weighted by Crippen LogP contribution is -2.44. The van der Waals surface area contributed by atoms with Crippen LogP contribution < -0.4 is 4.90 Å². The lowest BCUT2D eigenvalue weighted by molar-refractivity contribution is 0.110. The van der Waals surface area contributed by atoms with Crippen molar-refractivity contribution >= 4 is 12.0 Å². The second-order valence-corrected chi connectivity index (χ2v) is 3.62. The molecule has 14 heavy (non-hydrogen) atoms. The first-order chi connectivity index (χ1) is 6.79. The predicted octanol–water partition coefficient (Wildman–Crippen LogP) is 0.844. The summed E-state index contributed by atoms with van der Waals surface area (Å²) in [5.74, 6) is 0.402. The van der Waals surface area contributed by atoms with Crippen molar-refractivity contribution in [3.05, 3.63) is 18.1 Å². The van der Waals surface area contributed by atoms with Gasteiger partial charge in [0, 0.05) is 32.2 Å². The molecule has 0 N–H and O–H groups in total. The predicted molar refractivity (Wildman–Crippen MR) is 53.8 cm³/mol. The van der Waals surface area contributed by atoms with Crippen LogP contribution in [-0.2, 0) is 0 Å². The van der Waals surface area contributed by atoms with Crippen LogP contribution in [0.1, 0.15) is 10.6 Å². The summed E-state index contributed by atoms with van der Waals surface area (Å²) in [5.41, 5.74) is 1.01. The standard InChI is InChI=1S/C10H14N2O2/c1-11-2-4-12(5-3-11)9-6-10(7-13)14-8-9/h6-8H,2-5H2,1H3. The molecule has 76 valence electrons. The van der Waals surface area contributed by atoms with Gasteiger partial charge in [-0.2, -0.15) is 0 Å². The van der Waals surface area contributed by atoms with Crippen molar-refractivity contribution in [2.75, 3.05) is 38.1 Å². The molecule has 1 saturated heterocycles. The Hall–Kier alpha value is -1.29. The van der Waals surface area contributed by atoms with Gasteiger partial charge in [-0.05, 0) is 7.05 Å².